The van der Waals surface area contributed by atoms with Crippen LogP contribution in [0.2, 0.25) is 0 Å². The minimum Gasteiger partial charge on any atom is -0.385 e. The van der Waals surface area contributed by atoms with Gasteiger partial charge in [-0.25, -0.2) is 0 Å². The second-order valence-electron chi connectivity index (χ2n) is 5.97. The standard InChI is InChI=1S/C14H20O/c1-13(2,3)10-11-4-6-12(7-5-11)14(15)8-9-14/h4-7,15H,8-10H2,1-3H3. The number of benzene rings is 1. The Hall–Kier alpha value is -0.820. The van der Waals surface area contributed by atoms with Gasteiger partial charge in [-0.05, 0) is 35.8 Å². The molecule has 1 aromatic carbocycles. The molecule has 1 aliphatic carbocycles. The van der Waals surface area contributed by atoms with Crippen LogP contribution in [0.1, 0.15) is 44.7 Å². The lowest BCUT2D eigenvalue weighted by atomic mass is 9.87. The highest BCUT2D eigenvalue weighted by atomic mass is 16.3. The van der Waals surface area contributed by atoms with E-state index >= 15 is 0 Å². The molecule has 15 heavy (non-hydrogen) atoms. The Morgan fingerprint density at radius 2 is 1.67 bits per heavy atom. The molecule has 0 unspecified atom stereocenters. The van der Waals surface area contributed by atoms with Crippen LogP contribution >= 0.6 is 0 Å². The van der Waals surface area contributed by atoms with Crippen LogP contribution in [-0.2, 0) is 12.0 Å². The fourth-order valence-corrected chi connectivity index (χ4v) is 1.95. The summed E-state index contributed by atoms with van der Waals surface area (Å²) in [6, 6.07) is 8.45. The summed E-state index contributed by atoms with van der Waals surface area (Å²) < 4.78 is 0. The average molecular weight is 204 g/mol. The Kier molecular flexibility index (Phi) is 2.38. The van der Waals surface area contributed by atoms with E-state index in [0.717, 1.165) is 24.8 Å². The molecule has 0 aromatic heterocycles. The lowest BCUT2D eigenvalue weighted by molar-refractivity contribution is 0.151. The third-order valence-electron chi connectivity index (χ3n) is 2.95. The number of hydrogen-bond acceptors (Lipinski definition) is 1. The first-order valence-corrected chi connectivity index (χ1v) is 5.71. The second kappa shape index (κ2) is 3.34. The SMILES string of the molecule is CC(C)(C)Cc1ccc(C2(O)CC2)cc1. The molecule has 0 bridgehead atoms. The van der Waals surface area contributed by atoms with E-state index in [0.29, 0.717) is 5.41 Å². The first-order valence-electron chi connectivity index (χ1n) is 5.71. The van der Waals surface area contributed by atoms with Crippen molar-refractivity contribution in [2.45, 2.75) is 45.6 Å². The maximum atomic E-state index is 9.92. The summed E-state index contributed by atoms with van der Waals surface area (Å²) in [6.07, 6.45) is 2.93. The molecule has 1 nitrogen and oxygen atoms in total. The summed E-state index contributed by atoms with van der Waals surface area (Å²) in [5, 5.41) is 9.92. The smallest absolute Gasteiger partial charge is 0.0899 e. The van der Waals surface area contributed by atoms with Crippen LogP contribution in [0.3, 0.4) is 0 Å². The molecular formula is C14H20O. The van der Waals surface area contributed by atoms with Gasteiger partial charge in [0.15, 0.2) is 0 Å². The molecule has 0 aliphatic heterocycles. The van der Waals surface area contributed by atoms with E-state index in [-0.39, 0.29) is 0 Å². The summed E-state index contributed by atoms with van der Waals surface area (Å²) in [7, 11) is 0. The van der Waals surface area contributed by atoms with Crippen molar-refractivity contribution in [1.29, 1.82) is 0 Å². The van der Waals surface area contributed by atoms with Crippen molar-refractivity contribution < 1.29 is 5.11 Å². The van der Waals surface area contributed by atoms with Crippen LogP contribution in [0.4, 0.5) is 0 Å². The minimum absolute atomic E-state index is 0.331. The Bertz CT molecular complexity index is 339. The van der Waals surface area contributed by atoms with Gasteiger partial charge in [-0.3, -0.25) is 0 Å². The average Bonchev–Trinajstić information content (AvgIpc) is 2.83. The number of hydrogen-bond donors (Lipinski definition) is 1. The van der Waals surface area contributed by atoms with Gasteiger partial charge < -0.3 is 5.11 Å². The molecule has 1 saturated carbocycles. The third kappa shape index (κ3) is 2.60. The van der Waals surface area contributed by atoms with Crippen LogP contribution in [0, 0.1) is 5.41 Å². The topological polar surface area (TPSA) is 20.2 Å². The van der Waals surface area contributed by atoms with Crippen LogP contribution in [0.5, 0.6) is 0 Å². The Labute approximate surface area is 92.1 Å². The van der Waals surface area contributed by atoms with Gasteiger partial charge in [0.25, 0.3) is 0 Å². The molecule has 82 valence electrons. The lowest BCUT2D eigenvalue weighted by Gasteiger charge is -2.18. The summed E-state index contributed by atoms with van der Waals surface area (Å²) in [4.78, 5) is 0. The van der Waals surface area contributed by atoms with Gasteiger partial charge in [0.05, 0.1) is 5.60 Å². The first kappa shape index (κ1) is 10.7. The molecule has 0 spiro atoms. The van der Waals surface area contributed by atoms with E-state index in [1.807, 2.05) is 0 Å². The van der Waals surface area contributed by atoms with Crippen molar-refractivity contribution in [3.63, 3.8) is 0 Å². The van der Waals surface area contributed by atoms with Gasteiger partial charge in [0.1, 0.15) is 0 Å². The van der Waals surface area contributed by atoms with Crippen LogP contribution in [0.15, 0.2) is 24.3 Å². The van der Waals surface area contributed by atoms with E-state index in [9.17, 15) is 5.11 Å². The quantitative estimate of drug-likeness (QED) is 0.784. The Morgan fingerprint density at radius 1 is 1.13 bits per heavy atom. The zero-order chi connectivity index (χ0) is 11.1. The van der Waals surface area contributed by atoms with Gasteiger partial charge in [-0.2, -0.15) is 0 Å². The van der Waals surface area contributed by atoms with E-state index < -0.39 is 5.60 Å². The van der Waals surface area contributed by atoms with Crippen molar-refractivity contribution >= 4 is 0 Å². The molecule has 1 heteroatoms. The molecule has 0 heterocycles. The van der Waals surface area contributed by atoms with Crippen LogP contribution in [0.25, 0.3) is 0 Å². The monoisotopic (exact) mass is 204 g/mol. The van der Waals surface area contributed by atoms with Crippen molar-refractivity contribution in [2.24, 2.45) is 5.41 Å². The predicted octanol–water partition coefficient (Wildman–Crippen LogP) is 3.26. The second-order valence-corrected chi connectivity index (χ2v) is 5.97. The van der Waals surface area contributed by atoms with Gasteiger partial charge in [0.2, 0.25) is 0 Å². The van der Waals surface area contributed by atoms with Gasteiger partial charge in [-0.1, -0.05) is 45.0 Å². The molecular weight excluding hydrogens is 184 g/mol. The normalized spacial score (nSPS) is 18.9. The van der Waals surface area contributed by atoms with Crippen LogP contribution < -0.4 is 0 Å². The molecule has 1 N–H and O–H groups in total. The highest BCUT2D eigenvalue weighted by Gasteiger charge is 2.41. The fraction of sp³-hybridized carbons (Fsp3) is 0.571. The summed E-state index contributed by atoms with van der Waals surface area (Å²) in [5.41, 5.74) is 2.29. The fourth-order valence-electron chi connectivity index (χ4n) is 1.95. The molecule has 1 fully saturated rings. The van der Waals surface area contributed by atoms with Gasteiger partial charge in [0, 0.05) is 0 Å². The maximum Gasteiger partial charge on any atom is 0.0899 e. The maximum absolute atomic E-state index is 9.92. The lowest BCUT2D eigenvalue weighted by Crippen LogP contribution is -2.10. The number of aliphatic hydroxyl groups is 1. The molecule has 0 amide bonds. The summed E-state index contributed by atoms with van der Waals surface area (Å²) >= 11 is 0. The van der Waals surface area contributed by atoms with E-state index in [1.54, 1.807) is 0 Å². The summed E-state index contributed by atoms with van der Waals surface area (Å²) in [5.74, 6) is 0. The highest BCUT2D eigenvalue weighted by molar-refractivity contribution is 5.30. The Balaban J connectivity index is 2.11. The molecule has 0 radical (unpaired) electrons. The van der Waals surface area contributed by atoms with Crippen molar-refractivity contribution in [1.82, 2.24) is 0 Å². The van der Waals surface area contributed by atoms with E-state index in [1.165, 1.54) is 5.56 Å². The van der Waals surface area contributed by atoms with Crippen LogP contribution in [-0.4, -0.2) is 5.11 Å². The van der Waals surface area contributed by atoms with E-state index in [2.05, 4.69) is 45.0 Å². The number of rotatable bonds is 2. The highest BCUT2D eigenvalue weighted by Crippen LogP contribution is 2.45. The minimum atomic E-state index is -0.486. The third-order valence-corrected chi connectivity index (χ3v) is 2.95. The molecule has 1 aromatic rings. The van der Waals surface area contributed by atoms with Crippen molar-refractivity contribution in [2.75, 3.05) is 0 Å². The van der Waals surface area contributed by atoms with Crippen molar-refractivity contribution in [3.8, 4) is 0 Å². The van der Waals surface area contributed by atoms with Gasteiger partial charge >= 0.3 is 0 Å². The zero-order valence-corrected chi connectivity index (χ0v) is 9.88. The summed E-state index contributed by atoms with van der Waals surface area (Å²) in [6.45, 7) is 6.74. The first-order chi connectivity index (χ1) is 6.89. The zero-order valence-electron chi connectivity index (χ0n) is 9.88. The Morgan fingerprint density at radius 3 is 2.07 bits per heavy atom. The van der Waals surface area contributed by atoms with Gasteiger partial charge in [-0.15, -0.1) is 0 Å². The predicted molar refractivity (Wildman–Crippen MR) is 62.7 cm³/mol. The molecule has 0 saturated heterocycles. The molecule has 2 rings (SSSR count). The van der Waals surface area contributed by atoms with E-state index in [4.69, 9.17) is 0 Å². The molecule has 1 aliphatic rings. The molecule has 0 atom stereocenters. The van der Waals surface area contributed by atoms with Crippen molar-refractivity contribution in [3.05, 3.63) is 35.4 Å². The largest absolute Gasteiger partial charge is 0.385 e.